The van der Waals surface area contributed by atoms with Crippen LogP contribution in [0.25, 0.3) is 0 Å². The van der Waals surface area contributed by atoms with Gasteiger partial charge in [-0.25, -0.2) is 4.98 Å². The number of aromatic nitrogens is 1. The molecule has 0 aliphatic heterocycles. The van der Waals surface area contributed by atoms with Gasteiger partial charge in [0.1, 0.15) is 11.4 Å². The number of hydrazine groups is 1. The van der Waals surface area contributed by atoms with Gasteiger partial charge in [0.05, 0.1) is 5.56 Å². The van der Waals surface area contributed by atoms with Gasteiger partial charge in [-0.3, -0.25) is 20.4 Å². The molecule has 0 aliphatic rings. The molecule has 2 amide bonds. The smallest absolute Gasteiger partial charge is 0.274 e. The van der Waals surface area contributed by atoms with Gasteiger partial charge in [-0.2, -0.15) is 26.3 Å². The van der Waals surface area contributed by atoms with Crippen molar-refractivity contribution >= 4 is 11.8 Å². The van der Waals surface area contributed by atoms with E-state index in [9.17, 15) is 35.9 Å². The number of carbonyl (C=O) groups excluding carboxylic acids is 2. The fraction of sp³-hybridized carbons (Fsp3) is 0.300. The molecule has 1 aromatic rings. The Bertz CT molecular complexity index is 535. The first-order chi connectivity index (χ1) is 9.41. The molecule has 21 heavy (non-hydrogen) atoms. The maximum Gasteiger partial charge on any atom is 0.433 e. The number of halogens is 6. The van der Waals surface area contributed by atoms with Crippen LogP contribution >= 0.6 is 0 Å². The summed E-state index contributed by atoms with van der Waals surface area (Å²) in [4.78, 5) is 24.7. The lowest BCUT2D eigenvalue weighted by molar-refractivity contribution is -0.145. The fourth-order valence-electron chi connectivity index (χ4n) is 1.16. The van der Waals surface area contributed by atoms with Gasteiger partial charge in [0.25, 0.3) is 5.91 Å². The SMILES string of the molecule is CC(=O)NNC(=O)c1cc(C(F)(F)F)cc(C(F)(F)F)n1. The Balaban J connectivity index is 3.26. The van der Waals surface area contributed by atoms with Crippen molar-refractivity contribution in [2.45, 2.75) is 19.3 Å². The second kappa shape index (κ2) is 5.58. The molecule has 0 atom stereocenters. The van der Waals surface area contributed by atoms with Gasteiger partial charge in [0.2, 0.25) is 5.91 Å². The minimum absolute atomic E-state index is 0.145. The van der Waals surface area contributed by atoms with E-state index in [-0.39, 0.29) is 12.1 Å². The summed E-state index contributed by atoms with van der Waals surface area (Å²) in [6.45, 7) is 0.973. The van der Waals surface area contributed by atoms with Gasteiger partial charge in [0.15, 0.2) is 0 Å². The van der Waals surface area contributed by atoms with Crippen molar-refractivity contribution in [1.82, 2.24) is 15.8 Å². The first-order valence-corrected chi connectivity index (χ1v) is 5.14. The van der Waals surface area contributed by atoms with E-state index >= 15 is 0 Å². The summed E-state index contributed by atoms with van der Waals surface area (Å²) in [6.07, 6.45) is -10.3. The Morgan fingerprint density at radius 2 is 1.57 bits per heavy atom. The lowest BCUT2D eigenvalue weighted by atomic mass is 10.1. The quantitative estimate of drug-likeness (QED) is 0.614. The third kappa shape index (κ3) is 4.61. The average Bonchev–Trinajstić information content (AvgIpc) is 2.33. The van der Waals surface area contributed by atoms with Crippen LogP contribution in [0.2, 0.25) is 0 Å². The number of amides is 2. The zero-order valence-electron chi connectivity index (χ0n) is 10.2. The molecule has 0 radical (unpaired) electrons. The number of nitrogens with zero attached hydrogens (tertiary/aromatic N) is 1. The Morgan fingerprint density at radius 3 is 2.00 bits per heavy atom. The molecule has 1 aromatic heterocycles. The molecule has 0 bridgehead atoms. The molecule has 2 N–H and O–H groups in total. The zero-order valence-corrected chi connectivity index (χ0v) is 10.2. The van der Waals surface area contributed by atoms with Crippen LogP contribution in [0.5, 0.6) is 0 Å². The van der Waals surface area contributed by atoms with Crippen LogP contribution in [-0.4, -0.2) is 16.8 Å². The van der Waals surface area contributed by atoms with Gasteiger partial charge in [0, 0.05) is 6.92 Å². The molecular formula is C10H7F6N3O2. The first kappa shape index (κ1) is 16.7. The maximum absolute atomic E-state index is 12.5. The van der Waals surface area contributed by atoms with E-state index in [1.807, 2.05) is 0 Å². The Labute approximate surface area is 113 Å². The summed E-state index contributed by atoms with van der Waals surface area (Å²) < 4.78 is 75.0. The minimum atomic E-state index is -5.16. The molecule has 116 valence electrons. The highest BCUT2D eigenvalue weighted by Crippen LogP contribution is 2.34. The first-order valence-electron chi connectivity index (χ1n) is 5.14. The number of hydrogen-bond donors (Lipinski definition) is 2. The highest BCUT2D eigenvalue weighted by molar-refractivity contribution is 5.93. The van der Waals surface area contributed by atoms with Gasteiger partial charge in [-0.15, -0.1) is 0 Å². The molecular weight excluding hydrogens is 308 g/mol. The third-order valence-corrected chi connectivity index (χ3v) is 2.03. The molecule has 0 fully saturated rings. The lowest BCUT2D eigenvalue weighted by Crippen LogP contribution is -2.41. The standard InChI is InChI=1S/C10H7F6N3O2/c1-4(20)18-19-8(21)6-2-5(9(11,12)13)3-7(17-6)10(14,15)16/h2-3H,1H3,(H,18,20)(H,19,21). The zero-order chi connectivity index (χ0) is 16.4. The van der Waals surface area contributed by atoms with Crippen molar-refractivity contribution in [2.24, 2.45) is 0 Å². The lowest BCUT2D eigenvalue weighted by Gasteiger charge is -2.13. The highest BCUT2D eigenvalue weighted by Gasteiger charge is 2.38. The van der Waals surface area contributed by atoms with Crippen LogP contribution in [0.1, 0.15) is 28.7 Å². The van der Waals surface area contributed by atoms with Crippen molar-refractivity contribution < 1.29 is 35.9 Å². The maximum atomic E-state index is 12.5. The Morgan fingerprint density at radius 1 is 1.00 bits per heavy atom. The van der Waals surface area contributed by atoms with Crippen molar-refractivity contribution in [3.05, 3.63) is 29.1 Å². The molecule has 0 aromatic carbocycles. The van der Waals surface area contributed by atoms with Crippen molar-refractivity contribution in [2.75, 3.05) is 0 Å². The molecule has 0 spiro atoms. The van der Waals surface area contributed by atoms with E-state index in [0.29, 0.717) is 0 Å². The van der Waals surface area contributed by atoms with Gasteiger partial charge in [-0.05, 0) is 12.1 Å². The number of nitrogens with one attached hydrogen (secondary N) is 2. The number of carbonyl (C=O) groups is 2. The van der Waals surface area contributed by atoms with Crippen LogP contribution in [0.15, 0.2) is 12.1 Å². The Hall–Kier alpha value is -2.33. The van der Waals surface area contributed by atoms with Crippen LogP contribution in [0.3, 0.4) is 0 Å². The van der Waals surface area contributed by atoms with Crippen LogP contribution in [0, 0.1) is 0 Å². The van der Waals surface area contributed by atoms with E-state index in [0.717, 1.165) is 6.92 Å². The number of pyridine rings is 1. The van der Waals surface area contributed by atoms with E-state index in [2.05, 4.69) is 4.98 Å². The predicted octanol–water partition coefficient (Wildman–Crippen LogP) is 1.90. The molecule has 0 unspecified atom stereocenters. The summed E-state index contributed by atoms with van der Waals surface area (Å²) in [5.41, 5.74) is -1.35. The molecule has 11 heteroatoms. The molecule has 1 heterocycles. The van der Waals surface area contributed by atoms with Gasteiger partial charge < -0.3 is 0 Å². The van der Waals surface area contributed by atoms with Gasteiger partial charge in [-0.1, -0.05) is 0 Å². The van der Waals surface area contributed by atoms with Crippen molar-refractivity contribution in [3.63, 3.8) is 0 Å². The topological polar surface area (TPSA) is 71.1 Å². The average molecular weight is 315 g/mol. The van der Waals surface area contributed by atoms with Crippen molar-refractivity contribution in [3.8, 4) is 0 Å². The van der Waals surface area contributed by atoms with Crippen LogP contribution in [-0.2, 0) is 17.1 Å². The summed E-state index contributed by atoms with van der Waals surface area (Å²) >= 11 is 0. The molecule has 5 nitrogen and oxygen atoms in total. The Kier molecular flexibility index (Phi) is 4.44. The second-order valence-electron chi connectivity index (χ2n) is 3.76. The fourth-order valence-corrected chi connectivity index (χ4v) is 1.16. The molecule has 0 aliphatic carbocycles. The van der Waals surface area contributed by atoms with Gasteiger partial charge >= 0.3 is 12.4 Å². The number of hydrogen-bond acceptors (Lipinski definition) is 3. The summed E-state index contributed by atoms with van der Waals surface area (Å²) in [5.74, 6) is -2.19. The van der Waals surface area contributed by atoms with E-state index < -0.39 is 41.1 Å². The molecule has 0 saturated carbocycles. The van der Waals surface area contributed by atoms with Crippen LogP contribution in [0.4, 0.5) is 26.3 Å². The van der Waals surface area contributed by atoms with E-state index in [4.69, 9.17) is 0 Å². The van der Waals surface area contributed by atoms with Crippen LogP contribution < -0.4 is 10.9 Å². The highest BCUT2D eigenvalue weighted by atomic mass is 19.4. The number of rotatable bonds is 1. The van der Waals surface area contributed by atoms with E-state index in [1.54, 1.807) is 10.9 Å². The summed E-state index contributed by atoms with van der Waals surface area (Å²) in [7, 11) is 0. The molecule has 0 saturated heterocycles. The van der Waals surface area contributed by atoms with E-state index in [1.165, 1.54) is 0 Å². The monoisotopic (exact) mass is 315 g/mol. The summed E-state index contributed by atoms with van der Waals surface area (Å²) in [5, 5.41) is 0. The third-order valence-electron chi connectivity index (χ3n) is 2.03. The summed E-state index contributed by atoms with van der Waals surface area (Å²) in [6, 6.07) is -0.0679. The largest absolute Gasteiger partial charge is 0.433 e. The van der Waals surface area contributed by atoms with Crippen molar-refractivity contribution in [1.29, 1.82) is 0 Å². The predicted molar refractivity (Wildman–Crippen MR) is 55.5 cm³/mol. The molecule has 1 rings (SSSR count). The minimum Gasteiger partial charge on any atom is -0.274 e. The number of alkyl halides is 6. The normalized spacial score (nSPS) is 12.0. The second-order valence-corrected chi connectivity index (χ2v) is 3.76.